The summed E-state index contributed by atoms with van der Waals surface area (Å²) in [5.41, 5.74) is 0.715. The number of carbonyl (C=O) groups excluding carboxylic acids is 1. The van der Waals surface area contributed by atoms with E-state index in [1.54, 1.807) is 24.5 Å². The minimum atomic E-state index is 0.635. The van der Waals surface area contributed by atoms with E-state index in [0.29, 0.717) is 17.1 Å². The van der Waals surface area contributed by atoms with E-state index in [4.69, 9.17) is 11.6 Å². The second-order valence-electron chi connectivity index (χ2n) is 2.78. The van der Waals surface area contributed by atoms with Gasteiger partial charge in [-0.05, 0) is 18.2 Å². The molecule has 0 unspecified atom stereocenters. The number of nitrogens with one attached hydrogen (secondary N) is 1. The van der Waals surface area contributed by atoms with Crippen LogP contribution in [-0.2, 0) is 4.79 Å². The van der Waals surface area contributed by atoms with Gasteiger partial charge in [0.2, 0.25) is 6.41 Å². The zero-order valence-corrected chi connectivity index (χ0v) is 7.95. The molecule has 0 aliphatic rings. The number of benzene rings is 1. The lowest BCUT2D eigenvalue weighted by molar-refractivity contribution is -0.105. The zero-order valence-electron chi connectivity index (χ0n) is 7.20. The van der Waals surface area contributed by atoms with Crippen molar-refractivity contribution in [3.05, 3.63) is 35.6 Å². The molecule has 4 heteroatoms. The fourth-order valence-electron chi connectivity index (χ4n) is 1.34. The number of anilines is 1. The largest absolute Gasteiger partial charge is 0.328 e. The van der Waals surface area contributed by atoms with Crippen LogP contribution in [0.1, 0.15) is 0 Å². The molecule has 14 heavy (non-hydrogen) atoms. The number of amides is 1. The molecule has 1 aromatic carbocycles. The lowest BCUT2D eigenvalue weighted by Crippen LogP contribution is -1.94. The first-order valence-corrected chi connectivity index (χ1v) is 4.43. The summed E-state index contributed by atoms with van der Waals surface area (Å²) in [5, 5.41) is 4.97. The molecule has 0 fully saturated rings. The van der Waals surface area contributed by atoms with Crippen LogP contribution in [0, 0.1) is 0 Å². The van der Waals surface area contributed by atoms with Crippen molar-refractivity contribution in [3.63, 3.8) is 0 Å². The number of fused-ring (bicyclic) bond motifs is 1. The molecule has 0 saturated heterocycles. The van der Waals surface area contributed by atoms with Gasteiger partial charge in [0, 0.05) is 33.9 Å². The van der Waals surface area contributed by atoms with Crippen LogP contribution in [0.25, 0.3) is 10.8 Å². The number of pyridine rings is 1. The first-order chi connectivity index (χ1) is 6.83. The molecular formula is C10H7ClN2O. The van der Waals surface area contributed by atoms with Crippen molar-refractivity contribution in [2.45, 2.75) is 0 Å². The number of hydrogen-bond acceptors (Lipinski definition) is 2. The highest BCUT2D eigenvalue weighted by atomic mass is 35.5. The summed E-state index contributed by atoms with van der Waals surface area (Å²) in [5.74, 6) is 0. The Morgan fingerprint density at radius 2 is 2.14 bits per heavy atom. The fourth-order valence-corrected chi connectivity index (χ4v) is 1.57. The Morgan fingerprint density at radius 3 is 2.93 bits per heavy atom. The monoisotopic (exact) mass is 206 g/mol. The van der Waals surface area contributed by atoms with Gasteiger partial charge >= 0.3 is 0 Å². The molecule has 70 valence electrons. The molecule has 1 amide bonds. The number of halogens is 1. The molecule has 0 spiro atoms. The minimum absolute atomic E-state index is 0.635. The summed E-state index contributed by atoms with van der Waals surface area (Å²) >= 11 is 5.99. The number of rotatable bonds is 2. The molecule has 3 nitrogen and oxygen atoms in total. The summed E-state index contributed by atoms with van der Waals surface area (Å²) in [6, 6.07) is 5.31. The highest BCUT2D eigenvalue weighted by Crippen LogP contribution is 2.28. The van der Waals surface area contributed by atoms with E-state index in [-0.39, 0.29) is 0 Å². The van der Waals surface area contributed by atoms with Gasteiger partial charge < -0.3 is 5.32 Å². The quantitative estimate of drug-likeness (QED) is 0.767. The number of nitrogens with zero attached hydrogens (tertiary/aromatic N) is 1. The fraction of sp³-hybridized carbons (Fsp3) is 0. The van der Waals surface area contributed by atoms with Crippen molar-refractivity contribution in [1.29, 1.82) is 0 Å². The second kappa shape index (κ2) is 3.64. The van der Waals surface area contributed by atoms with E-state index in [9.17, 15) is 4.79 Å². The summed E-state index contributed by atoms with van der Waals surface area (Å²) < 4.78 is 0. The normalized spacial score (nSPS) is 10.1. The van der Waals surface area contributed by atoms with Crippen molar-refractivity contribution in [1.82, 2.24) is 4.98 Å². The number of carbonyl (C=O) groups is 1. The van der Waals surface area contributed by atoms with Gasteiger partial charge in [-0.2, -0.15) is 0 Å². The molecule has 0 aliphatic carbocycles. The van der Waals surface area contributed by atoms with E-state index in [1.807, 2.05) is 6.07 Å². The third kappa shape index (κ3) is 1.42. The Hall–Kier alpha value is -1.61. The Balaban J connectivity index is 2.74. The van der Waals surface area contributed by atoms with Crippen LogP contribution >= 0.6 is 11.6 Å². The van der Waals surface area contributed by atoms with Gasteiger partial charge in [0.25, 0.3) is 0 Å². The van der Waals surface area contributed by atoms with E-state index >= 15 is 0 Å². The van der Waals surface area contributed by atoms with Crippen molar-refractivity contribution in [3.8, 4) is 0 Å². The maximum Gasteiger partial charge on any atom is 0.211 e. The highest BCUT2D eigenvalue weighted by molar-refractivity contribution is 6.36. The molecule has 2 aromatic rings. The molecular weight excluding hydrogens is 200 g/mol. The topological polar surface area (TPSA) is 42.0 Å². The molecule has 0 radical (unpaired) electrons. The first kappa shape index (κ1) is 8.97. The first-order valence-electron chi connectivity index (χ1n) is 4.05. The molecule has 0 atom stereocenters. The minimum Gasteiger partial charge on any atom is -0.328 e. The van der Waals surface area contributed by atoms with Crippen LogP contribution in [0.15, 0.2) is 30.6 Å². The Morgan fingerprint density at radius 1 is 1.29 bits per heavy atom. The third-order valence-electron chi connectivity index (χ3n) is 1.98. The van der Waals surface area contributed by atoms with Crippen LogP contribution < -0.4 is 5.32 Å². The van der Waals surface area contributed by atoms with Gasteiger partial charge in [0.05, 0.1) is 0 Å². The van der Waals surface area contributed by atoms with Crippen LogP contribution in [0.5, 0.6) is 0 Å². The average molecular weight is 207 g/mol. The number of aromatic nitrogens is 1. The predicted octanol–water partition coefficient (Wildman–Crippen LogP) is 2.46. The lowest BCUT2D eigenvalue weighted by Gasteiger charge is -2.05. The maximum atomic E-state index is 10.3. The highest BCUT2D eigenvalue weighted by Gasteiger charge is 2.03. The Bertz CT molecular complexity index is 485. The third-order valence-corrected chi connectivity index (χ3v) is 2.31. The van der Waals surface area contributed by atoms with E-state index in [2.05, 4.69) is 10.3 Å². The molecule has 1 N–H and O–H groups in total. The van der Waals surface area contributed by atoms with Gasteiger partial charge in [-0.3, -0.25) is 9.78 Å². The summed E-state index contributed by atoms with van der Waals surface area (Å²) in [6.07, 6.45) is 3.97. The molecule has 0 aliphatic heterocycles. The standard InChI is InChI=1S/C10H7ClN2O/c11-9-1-2-10(13-6-14)8-5-12-4-3-7(8)9/h1-6H,(H,13,14). The van der Waals surface area contributed by atoms with Crippen LogP contribution in [0.3, 0.4) is 0 Å². The van der Waals surface area contributed by atoms with Gasteiger partial charge in [0.1, 0.15) is 0 Å². The van der Waals surface area contributed by atoms with Crippen molar-refractivity contribution < 1.29 is 4.79 Å². The Labute approximate surface area is 85.7 Å². The van der Waals surface area contributed by atoms with Gasteiger partial charge in [-0.15, -0.1) is 0 Å². The second-order valence-corrected chi connectivity index (χ2v) is 3.19. The summed E-state index contributed by atoms with van der Waals surface area (Å²) in [6.45, 7) is 0. The summed E-state index contributed by atoms with van der Waals surface area (Å²) in [7, 11) is 0. The zero-order chi connectivity index (χ0) is 9.97. The molecule has 1 heterocycles. The van der Waals surface area contributed by atoms with Crippen LogP contribution in [0.2, 0.25) is 5.02 Å². The van der Waals surface area contributed by atoms with Crippen molar-refractivity contribution in [2.75, 3.05) is 5.32 Å². The smallest absolute Gasteiger partial charge is 0.211 e. The SMILES string of the molecule is O=CNc1ccc(Cl)c2ccncc12. The lowest BCUT2D eigenvalue weighted by atomic mass is 10.1. The van der Waals surface area contributed by atoms with E-state index in [1.165, 1.54) is 0 Å². The van der Waals surface area contributed by atoms with Crippen molar-refractivity contribution in [2.24, 2.45) is 0 Å². The molecule has 0 saturated carbocycles. The van der Waals surface area contributed by atoms with Gasteiger partial charge in [-0.25, -0.2) is 0 Å². The van der Waals surface area contributed by atoms with Gasteiger partial charge in [-0.1, -0.05) is 11.6 Å². The molecule has 1 aromatic heterocycles. The number of hydrogen-bond donors (Lipinski definition) is 1. The van der Waals surface area contributed by atoms with E-state index in [0.717, 1.165) is 10.8 Å². The van der Waals surface area contributed by atoms with Gasteiger partial charge in [0.15, 0.2) is 0 Å². The maximum absolute atomic E-state index is 10.3. The van der Waals surface area contributed by atoms with Crippen molar-refractivity contribution >= 4 is 34.5 Å². The predicted molar refractivity (Wildman–Crippen MR) is 56.4 cm³/mol. The van der Waals surface area contributed by atoms with Crippen LogP contribution in [0.4, 0.5) is 5.69 Å². The van der Waals surface area contributed by atoms with E-state index < -0.39 is 0 Å². The average Bonchev–Trinajstić information content (AvgIpc) is 2.23. The molecule has 2 rings (SSSR count). The molecule has 0 bridgehead atoms. The Kier molecular flexibility index (Phi) is 2.33. The van der Waals surface area contributed by atoms with Crippen LogP contribution in [-0.4, -0.2) is 11.4 Å². The summed E-state index contributed by atoms with van der Waals surface area (Å²) in [4.78, 5) is 14.3.